The van der Waals surface area contributed by atoms with Crippen molar-refractivity contribution in [3.05, 3.63) is 36.4 Å². The van der Waals surface area contributed by atoms with Crippen LogP contribution < -0.4 is 0 Å². The van der Waals surface area contributed by atoms with Crippen molar-refractivity contribution in [2.75, 3.05) is 0 Å². The maximum absolute atomic E-state index is 10.7. The number of carboxylic acids is 1. The van der Waals surface area contributed by atoms with Gasteiger partial charge >= 0.3 is 5.97 Å². The van der Waals surface area contributed by atoms with Gasteiger partial charge in [-0.3, -0.25) is 0 Å². The number of carbonyl (C=O) groups is 1. The van der Waals surface area contributed by atoms with E-state index in [0.717, 1.165) is 16.6 Å². The Bertz CT molecular complexity index is 742. The molecule has 6 heteroatoms. The molecule has 0 saturated heterocycles. The summed E-state index contributed by atoms with van der Waals surface area (Å²) in [5.74, 6) is -1.30. The van der Waals surface area contributed by atoms with E-state index in [4.69, 9.17) is 9.63 Å². The molecule has 0 aliphatic heterocycles. The summed E-state index contributed by atoms with van der Waals surface area (Å²) in [5.41, 5.74) is 3.12. The van der Waals surface area contributed by atoms with Gasteiger partial charge in [0.2, 0.25) is 5.76 Å². The van der Waals surface area contributed by atoms with Crippen LogP contribution in [0, 0.1) is 0 Å². The van der Waals surface area contributed by atoms with Crippen LogP contribution in [0.5, 0.6) is 0 Å². The van der Waals surface area contributed by atoms with Gasteiger partial charge in [0.05, 0.1) is 17.4 Å². The van der Waals surface area contributed by atoms with Gasteiger partial charge in [-0.25, -0.2) is 9.78 Å². The molecule has 0 radical (unpaired) electrons. The Labute approximate surface area is 101 Å². The number of imidazole rings is 1. The molecule has 0 aliphatic carbocycles. The largest absolute Gasteiger partial charge is 0.475 e. The summed E-state index contributed by atoms with van der Waals surface area (Å²) in [4.78, 5) is 14.9. The number of aromatic carboxylic acids is 1. The maximum atomic E-state index is 10.7. The molecule has 0 saturated carbocycles. The number of hydrogen-bond acceptors (Lipinski definition) is 4. The van der Waals surface area contributed by atoms with E-state index in [9.17, 15) is 4.79 Å². The first kappa shape index (κ1) is 10.5. The summed E-state index contributed by atoms with van der Waals surface area (Å²) in [6, 6.07) is 6.99. The first-order valence-electron chi connectivity index (χ1n) is 5.26. The molecule has 0 spiro atoms. The van der Waals surface area contributed by atoms with Gasteiger partial charge in [-0.05, 0) is 12.1 Å². The summed E-state index contributed by atoms with van der Waals surface area (Å²) < 4.78 is 6.62. The summed E-state index contributed by atoms with van der Waals surface area (Å²) in [6.45, 7) is 0. The van der Waals surface area contributed by atoms with Crippen molar-refractivity contribution in [3.63, 3.8) is 0 Å². The van der Waals surface area contributed by atoms with Gasteiger partial charge in [0.1, 0.15) is 5.69 Å². The molecule has 18 heavy (non-hydrogen) atoms. The number of aryl methyl sites for hydroxylation is 1. The van der Waals surface area contributed by atoms with E-state index in [1.165, 1.54) is 6.07 Å². The third-order valence-corrected chi connectivity index (χ3v) is 2.74. The van der Waals surface area contributed by atoms with Crippen LogP contribution in [0.2, 0.25) is 0 Å². The van der Waals surface area contributed by atoms with E-state index in [-0.39, 0.29) is 5.76 Å². The molecule has 1 N–H and O–H groups in total. The highest BCUT2D eigenvalue weighted by Gasteiger charge is 2.13. The minimum absolute atomic E-state index is 0.171. The first-order chi connectivity index (χ1) is 8.65. The number of benzene rings is 1. The van der Waals surface area contributed by atoms with E-state index in [0.29, 0.717) is 5.69 Å². The normalized spacial score (nSPS) is 10.9. The molecule has 0 bridgehead atoms. The molecule has 3 aromatic rings. The lowest BCUT2D eigenvalue weighted by molar-refractivity contribution is 0.0652. The van der Waals surface area contributed by atoms with E-state index in [2.05, 4.69) is 10.1 Å². The van der Waals surface area contributed by atoms with Crippen LogP contribution in [-0.2, 0) is 7.05 Å². The van der Waals surface area contributed by atoms with Gasteiger partial charge in [-0.15, -0.1) is 0 Å². The smallest absolute Gasteiger partial charge is 0.374 e. The lowest BCUT2D eigenvalue weighted by atomic mass is 10.1. The zero-order chi connectivity index (χ0) is 12.7. The Kier molecular flexibility index (Phi) is 2.16. The minimum atomic E-state index is -1.13. The van der Waals surface area contributed by atoms with Gasteiger partial charge in [0, 0.05) is 18.7 Å². The quantitative estimate of drug-likeness (QED) is 0.743. The lowest BCUT2D eigenvalue weighted by Crippen LogP contribution is -1.91. The Balaban J connectivity index is 2.12. The molecule has 0 atom stereocenters. The van der Waals surface area contributed by atoms with Crippen LogP contribution in [0.1, 0.15) is 10.6 Å². The van der Waals surface area contributed by atoms with Gasteiger partial charge < -0.3 is 14.2 Å². The molecule has 2 heterocycles. The van der Waals surface area contributed by atoms with Gasteiger partial charge in [-0.1, -0.05) is 11.2 Å². The molecule has 3 rings (SSSR count). The van der Waals surface area contributed by atoms with E-state index in [1.807, 2.05) is 29.8 Å². The molecule has 1 aromatic carbocycles. The summed E-state index contributed by atoms with van der Waals surface area (Å²) in [5, 5.41) is 12.5. The molecule has 90 valence electrons. The van der Waals surface area contributed by atoms with Gasteiger partial charge in [0.15, 0.2) is 0 Å². The standard InChI is InChI=1S/C12H9N3O3/c1-15-6-13-8-3-2-7(4-10(8)15)9-5-11(12(16)17)18-14-9/h2-6H,1H3,(H,16,17). The number of aromatic nitrogens is 3. The second-order valence-electron chi connectivity index (χ2n) is 3.94. The number of rotatable bonds is 2. The fourth-order valence-electron chi connectivity index (χ4n) is 1.80. The number of carboxylic acid groups (broad SMARTS) is 1. The molecule has 0 fully saturated rings. The predicted molar refractivity (Wildman–Crippen MR) is 63.2 cm³/mol. The Morgan fingerprint density at radius 1 is 1.39 bits per heavy atom. The van der Waals surface area contributed by atoms with E-state index >= 15 is 0 Å². The van der Waals surface area contributed by atoms with E-state index in [1.54, 1.807) is 6.33 Å². The van der Waals surface area contributed by atoms with Crippen molar-refractivity contribution < 1.29 is 14.4 Å². The predicted octanol–water partition coefficient (Wildman–Crippen LogP) is 1.93. The summed E-state index contributed by atoms with van der Waals surface area (Å²) in [7, 11) is 1.89. The van der Waals surface area contributed by atoms with Gasteiger partial charge in [-0.2, -0.15) is 0 Å². The van der Waals surface area contributed by atoms with Crippen LogP contribution in [0.4, 0.5) is 0 Å². The second-order valence-corrected chi connectivity index (χ2v) is 3.94. The summed E-state index contributed by atoms with van der Waals surface area (Å²) in [6.07, 6.45) is 1.72. The minimum Gasteiger partial charge on any atom is -0.475 e. The van der Waals surface area contributed by atoms with Crippen LogP contribution in [0.25, 0.3) is 22.3 Å². The fraction of sp³-hybridized carbons (Fsp3) is 0.0833. The van der Waals surface area contributed by atoms with Crippen molar-refractivity contribution in [2.24, 2.45) is 7.05 Å². The third kappa shape index (κ3) is 1.55. The highest BCUT2D eigenvalue weighted by atomic mass is 16.5. The second kappa shape index (κ2) is 3.69. The zero-order valence-corrected chi connectivity index (χ0v) is 9.49. The number of fused-ring (bicyclic) bond motifs is 1. The van der Waals surface area contributed by atoms with Crippen LogP contribution in [-0.4, -0.2) is 25.8 Å². The van der Waals surface area contributed by atoms with Crippen molar-refractivity contribution in [3.8, 4) is 11.3 Å². The lowest BCUT2D eigenvalue weighted by Gasteiger charge is -1.97. The monoisotopic (exact) mass is 243 g/mol. The van der Waals surface area contributed by atoms with Crippen molar-refractivity contribution in [1.29, 1.82) is 0 Å². The zero-order valence-electron chi connectivity index (χ0n) is 9.49. The maximum Gasteiger partial charge on any atom is 0.374 e. The summed E-state index contributed by atoms with van der Waals surface area (Å²) >= 11 is 0. The molecule has 0 aliphatic rings. The molecular formula is C12H9N3O3. The molecule has 0 amide bonds. The van der Waals surface area contributed by atoms with Crippen LogP contribution in [0.3, 0.4) is 0 Å². The average molecular weight is 243 g/mol. The highest BCUT2D eigenvalue weighted by Crippen LogP contribution is 2.23. The van der Waals surface area contributed by atoms with Crippen molar-refractivity contribution >= 4 is 17.0 Å². The average Bonchev–Trinajstić information content (AvgIpc) is 2.96. The van der Waals surface area contributed by atoms with Crippen molar-refractivity contribution in [2.45, 2.75) is 0 Å². The molecule has 2 aromatic heterocycles. The fourth-order valence-corrected chi connectivity index (χ4v) is 1.80. The number of hydrogen-bond donors (Lipinski definition) is 1. The highest BCUT2D eigenvalue weighted by molar-refractivity contribution is 5.87. The first-order valence-corrected chi connectivity index (χ1v) is 5.26. The van der Waals surface area contributed by atoms with Crippen LogP contribution >= 0.6 is 0 Å². The van der Waals surface area contributed by atoms with Crippen molar-refractivity contribution in [1.82, 2.24) is 14.7 Å². The topological polar surface area (TPSA) is 81.2 Å². The SMILES string of the molecule is Cn1cnc2ccc(-c3cc(C(=O)O)on3)cc21. The van der Waals surface area contributed by atoms with E-state index < -0.39 is 5.97 Å². The molecule has 6 nitrogen and oxygen atoms in total. The Morgan fingerprint density at radius 2 is 2.22 bits per heavy atom. The third-order valence-electron chi connectivity index (χ3n) is 2.74. The molecular weight excluding hydrogens is 234 g/mol. The van der Waals surface area contributed by atoms with Crippen LogP contribution in [0.15, 0.2) is 35.1 Å². The Morgan fingerprint density at radius 3 is 2.94 bits per heavy atom. The van der Waals surface area contributed by atoms with Gasteiger partial charge in [0.25, 0.3) is 0 Å². The Hall–Kier alpha value is -2.63. The number of nitrogens with zero attached hydrogens (tertiary/aromatic N) is 3. The molecule has 0 unspecified atom stereocenters.